The van der Waals surface area contributed by atoms with Crippen molar-refractivity contribution in [1.82, 2.24) is 25.0 Å². The molecule has 3 rings (SSSR count). The van der Waals surface area contributed by atoms with Crippen molar-refractivity contribution in [2.45, 2.75) is 45.2 Å². The average molecular weight is 365 g/mol. The van der Waals surface area contributed by atoms with Crippen LogP contribution >= 0.6 is 0 Å². The topological polar surface area (TPSA) is 117 Å². The van der Waals surface area contributed by atoms with Crippen LogP contribution in [0.5, 0.6) is 0 Å². The number of rotatable bonds is 6. The van der Waals surface area contributed by atoms with Crippen LogP contribution in [-0.2, 0) is 21.4 Å². The lowest BCUT2D eigenvalue weighted by Crippen LogP contribution is -2.42. The Bertz CT molecular complexity index is 807. The van der Waals surface area contributed by atoms with Crippen LogP contribution in [0.25, 0.3) is 11.2 Å². The van der Waals surface area contributed by atoms with Gasteiger partial charge in [-0.3, -0.25) is 4.79 Å². The number of aromatic amines is 1. The van der Waals surface area contributed by atoms with Crippen molar-refractivity contribution in [1.29, 1.82) is 0 Å². The molecule has 2 aromatic rings. The lowest BCUT2D eigenvalue weighted by molar-refractivity contribution is -0.118. The zero-order valence-corrected chi connectivity index (χ0v) is 15.0. The summed E-state index contributed by atoms with van der Waals surface area (Å²) in [5, 5.41) is 2.58. The zero-order valence-electron chi connectivity index (χ0n) is 14.2. The van der Waals surface area contributed by atoms with Crippen molar-refractivity contribution >= 4 is 27.1 Å². The van der Waals surface area contributed by atoms with E-state index in [0.717, 1.165) is 31.2 Å². The smallest absolute Gasteiger partial charge is 0.236 e. The number of fused-ring (bicyclic) bond motifs is 1. The lowest BCUT2D eigenvalue weighted by atomic mass is 9.88. The van der Waals surface area contributed by atoms with Gasteiger partial charge in [-0.15, -0.1) is 0 Å². The third-order valence-corrected chi connectivity index (χ3v) is 5.78. The number of hydrogen-bond donors (Lipinski definition) is 3. The predicted octanol–water partition coefficient (Wildman–Crippen LogP) is 1.07. The highest BCUT2D eigenvalue weighted by Gasteiger charge is 2.24. The minimum absolute atomic E-state index is 0.0598. The number of aromatic nitrogens is 3. The number of pyridine rings is 1. The third-order valence-electron chi connectivity index (χ3n) is 4.44. The molecule has 2 aromatic heterocycles. The molecule has 25 heavy (non-hydrogen) atoms. The van der Waals surface area contributed by atoms with Gasteiger partial charge in [0, 0.05) is 12.2 Å². The summed E-state index contributed by atoms with van der Waals surface area (Å²) < 4.78 is 26.9. The highest BCUT2D eigenvalue weighted by atomic mass is 32.2. The molecule has 0 atom stereocenters. The first-order chi connectivity index (χ1) is 11.9. The first-order valence-corrected chi connectivity index (χ1v) is 10.1. The van der Waals surface area contributed by atoms with Gasteiger partial charge in [0.15, 0.2) is 5.65 Å². The monoisotopic (exact) mass is 365 g/mol. The highest BCUT2D eigenvalue weighted by Crippen LogP contribution is 2.23. The maximum Gasteiger partial charge on any atom is 0.236 e. The number of hydrogen-bond acceptors (Lipinski definition) is 5. The van der Waals surface area contributed by atoms with Gasteiger partial charge < -0.3 is 10.3 Å². The van der Waals surface area contributed by atoms with Gasteiger partial charge in [0.25, 0.3) is 0 Å². The molecular weight excluding hydrogens is 342 g/mol. The molecule has 0 unspecified atom stereocenters. The van der Waals surface area contributed by atoms with Gasteiger partial charge >= 0.3 is 0 Å². The maximum atomic E-state index is 12.1. The van der Waals surface area contributed by atoms with Crippen LogP contribution in [0.1, 0.15) is 38.4 Å². The molecule has 0 radical (unpaired) electrons. The minimum Gasteiger partial charge on any atom is -0.348 e. The molecule has 1 amide bonds. The fourth-order valence-electron chi connectivity index (χ4n) is 3.06. The Morgan fingerprint density at radius 2 is 2.08 bits per heavy atom. The minimum atomic E-state index is -3.63. The molecular formula is C16H23N5O3S. The molecule has 1 aliphatic carbocycles. The summed E-state index contributed by atoms with van der Waals surface area (Å²) in [6.07, 6.45) is 5.32. The number of H-pyrrole nitrogens is 1. The van der Waals surface area contributed by atoms with E-state index in [1.165, 1.54) is 0 Å². The van der Waals surface area contributed by atoms with Crippen molar-refractivity contribution in [2.75, 3.05) is 5.75 Å². The molecule has 136 valence electrons. The summed E-state index contributed by atoms with van der Waals surface area (Å²) in [6, 6.07) is 3.56. The summed E-state index contributed by atoms with van der Waals surface area (Å²) >= 11 is 0. The van der Waals surface area contributed by atoms with Gasteiger partial charge in [0.2, 0.25) is 15.9 Å². The summed E-state index contributed by atoms with van der Waals surface area (Å²) in [5.74, 6) is 0.0541. The van der Waals surface area contributed by atoms with Crippen LogP contribution in [0.2, 0.25) is 0 Å². The van der Waals surface area contributed by atoms with E-state index in [9.17, 15) is 13.2 Å². The number of carbonyl (C=O) groups is 1. The van der Waals surface area contributed by atoms with Crippen molar-refractivity contribution in [2.24, 2.45) is 5.92 Å². The first-order valence-electron chi connectivity index (χ1n) is 8.47. The van der Waals surface area contributed by atoms with E-state index in [0.29, 0.717) is 17.4 Å². The van der Waals surface area contributed by atoms with Crippen LogP contribution in [-0.4, -0.2) is 41.1 Å². The fraction of sp³-hybridized carbons (Fsp3) is 0.562. The van der Waals surface area contributed by atoms with E-state index >= 15 is 0 Å². The molecule has 1 saturated carbocycles. The van der Waals surface area contributed by atoms with Crippen LogP contribution in [0.4, 0.5) is 0 Å². The third kappa shape index (κ3) is 4.99. The Hall–Kier alpha value is -2.00. The van der Waals surface area contributed by atoms with Gasteiger partial charge in [0.05, 0.1) is 12.1 Å². The fourth-order valence-corrected chi connectivity index (χ4v) is 4.33. The first kappa shape index (κ1) is 17.8. The molecule has 1 fully saturated rings. The Kier molecular flexibility index (Phi) is 5.33. The van der Waals surface area contributed by atoms with E-state index in [-0.39, 0.29) is 12.6 Å². The Labute approximate surface area is 146 Å². The van der Waals surface area contributed by atoms with E-state index in [1.807, 2.05) is 6.07 Å². The molecule has 9 heteroatoms. The molecule has 0 aromatic carbocycles. The highest BCUT2D eigenvalue weighted by molar-refractivity contribution is 7.90. The average Bonchev–Trinajstić information content (AvgIpc) is 2.97. The molecule has 3 N–H and O–H groups in total. The lowest BCUT2D eigenvalue weighted by Gasteiger charge is -2.26. The van der Waals surface area contributed by atoms with E-state index in [1.54, 1.807) is 12.3 Å². The van der Waals surface area contributed by atoms with Crippen LogP contribution in [0, 0.1) is 5.92 Å². The number of amides is 1. The summed E-state index contributed by atoms with van der Waals surface area (Å²) in [5.41, 5.74) is 1.33. The number of sulfonamides is 1. The number of nitrogens with one attached hydrogen (secondary N) is 3. The predicted molar refractivity (Wildman–Crippen MR) is 94.1 cm³/mol. The standard InChI is InChI=1S/C16H23N5O3S/c1-11-4-6-12(7-5-11)21-25(23,24)10-15(22)18-9-14-19-13-3-2-8-17-16(13)20-14/h2-3,8,11-12,21H,4-7,9-10H2,1H3,(H,18,22)(H,17,19,20). The molecule has 0 aliphatic heterocycles. The van der Waals surface area contributed by atoms with E-state index in [4.69, 9.17) is 0 Å². The molecule has 0 spiro atoms. The zero-order chi connectivity index (χ0) is 17.9. The Morgan fingerprint density at radius 1 is 1.32 bits per heavy atom. The van der Waals surface area contributed by atoms with Crippen molar-refractivity contribution < 1.29 is 13.2 Å². The summed E-state index contributed by atoms with van der Waals surface area (Å²) in [6.45, 7) is 2.30. The van der Waals surface area contributed by atoms with Gasteiger partial charge in [-0.25, -0.2) is 23.1 Å². The van der Waals surface area contributed by atoms with Crippen LogP contribution in [0.15, 0.2) is 18.3 Å². The van der Waals surface area contributed by atoms with Gasteiger partial charge in [-0.1, -0.05) is 6.92 Å². The normalized spacial score (nSPS) is 21.3. The van der Waals surface area contributed by atoms with E-state index < -0.39 is 21.7 Å². The number of imidazole rings is 1. The quantitative estimate of drug-likeness (QED) is 0.708. The molecule has 0 saturated heterocycles. The Balaban J connectivity index is 1.49. The number of nitrogens with zero attached hydrogens (tertiary/aromatic N) is 2. The van der Waals surface area contributed by atoms with Gasteiger partial charge in [-0.2, -0.15) is 0 Å². The van der Waals surface area contributed by atoms with Gasteiger partial charge in [0.1, 0.15) is 11.6 Å². The van der Waals surface area contributed by atoms with E-state index in [2.05, 4.69) is 31.9 Å². The Morgan fingerprint density at radius 3 is 2.80 bits per heavy atom. The second-order valence-corrected chi connectivity index (χ2v) is 8.42. The largest absolute Gasteiger partial charge is 0.348 e. The summed E-state index contributed by atoms with van der Waals surface area (Å²) in [7, 11) is -3.63. The molecule has 1 aliphatic rings. The molecule has 2 heterocycles. The van der Waals surface area contributed by atoms with Crippen LogP contribution < -0.4 is 10.0 Å². The summed E-state index contributed by atoms with van der Waals surface area (Å²) in [4.78, 5) is 23.3. The van der Waals surface area contributed by atoms with Crippen LogP contribution in [0.3, 0.4) is 0 Å². The maximum absolute atomic E-state index is 12.1. The second kappa shape index (κ2) is 7.49. The van der Waals surface area contributed by atoms with Crippen molar-refractivity contribution in [3.05, 3.63) is 24.2 Å². The number of carbonyl (C=O) groups excluding carboxylic acids is 1. The SMILES string of the molecule is CC1CCC(NS(=O)(=O)CC(=O)NCc2nc3ncccc3[nH]2)CC1. The van der Waals surface area contributed by atoms with Crippen molar-refractivity contribution in [3.8, 4) is 0 Å². The molecule has 0 bridgehead atoms. The van der Waals surface area contributed by atoms with Crippen molar-refractivity contribution in [3.63, 3.8) is 0 Å². The molecule has 8 nitrogen and oxygen atoms in total. The van der Waals surface area contributed by atoms with Gasteiger partial charge in [-0.05, 0) is 43.7 Å². The second-order valence-electron chi connectivity index (χ2n) is 6.67.